The second-order valence-corrected chi connectivity index (χ2v) is 6.59. The van der Waals surface area contributed by atoms with Gasteiger partial charge in [-0.25, -0.2) is 5.43 Å². The third-order valence-electron chi connectivity index (χ3n) is 4.13. The van der Waals surface area contributed by atoms with E-state index < -0.39 is 16.7 Å². The number of aromatic hydroxyl groups is 1. The maximum absolute atomic E-state index is 12.5. The summed E-state index contributed by atoms with van der Waals surface area (Å²) >= 11 is 6.04. The molecule has 2 amide bonds. The smallest absolute Gasteiger partial charge is 0.273 e. The molecule has 31 heavy (non-hydrogen) atoms. The minimum atomic E-state index is -0.642. The Morgan fingerprint density at radius 1 is 1.00 bits per heavy atom. The van der Waals surface area contributed by atoms with Gasteiger partial charge in [-0.2, -0.15) is 5.10 Å². The Morgan fingerprint density at radius 3 is 2.39 bits per heavy atom. The molecule has 0 saturated heterocycles. The number of para-hydroxylation sites is 1. The van der Waals surface area contributed by atoms with Crippen molar-refractivity contribution in [2.75, 3.05) is 5.32 Å². The highest BCUT2D eigenvalue weighted by Crippen LogP contribution is 2.22. The van der Waals surface area contributed by atoms with Crippen molar-refractivity contribution in [2.24, 2.45) is 5.10 Å². The van der Waals surface area contributed by atoms with Crippen molar-refractivity contribution in [3.8, 4) is 5.75 Å². The number of halogens is 1. The minimum absolute atomic E-state index is 0.0507. The van der Waals surface area contributed by atoms with Gasteiger partial charge in [0.1, 0.15) is 5.75 Å². The van der Waals surface area contributed by atoms with Crippen LogP contribution in [0.3, 0.4) is 0 Å². The Bertz CT molecular complexity index is 1200. The van der Waals surface area contributed by atoms with Gasteiger partial charge in [0.05, 0.1) is 33.0 Å². The second kappa shape index (κ2) is 9.51. The summed E-state index contributed by atoms with van der Waals surface area (Å²) in [5, 5.41) is 27.3. The Balaban J connectivity index is 1.75. The van der Waals surface area contributed by atoms with Crippen molar-refractivity contribution in [3.05, 3.63) is 98.6 Å². The first-order chi connectivity index (χ1) is 14.9. The van der Waals surface area contributed by atoms with Gasteiger partial charge in [-0.3, -0.25) is 19.7 Å². The Labute approximate surface area is 181 Å². The minimum Gasteiger partial charge on any atom is -0.507 e. The Hall–Kier alpha value is -4.24. The fraction of sp³-hybridized carbons (Fsp3) is 0. The first kappa shape index (κ1) is 21.5. The standard InChI is InChI=1S/C21H15ClN4O5/c22-17-7-3-1-5-15(17)20(28)24-18-8-4-2-6-16(18)21(29)25-23-12-13-11-14(26(30)31)9-10-19(13)27/h1-12,27H,(H,24,28)(H,25,29)/b23-12+. The number of non-ortho nitro benzene ring substituents is 1. The summed E-state index contributed by atoms with van der Waals surface area (Å²) in [5.41, 5.74) is 2.68. The van der Waals surface area contributed by atoms with Crippen LogP contribution >= 0.6 is 11.6 Å². The third kappa shape index (κ3) is 5.22. The number of benzene rings is 3. The lowest BCUT2D eigenvalue weighted by Gasteiger charge is -2.10. The monoisotopic (exact) mass is 438 g/mol. The number of anilines is 1. The second-order valence-electron chi connectivity index (χ2n) is 6.18. The molecule has 9 nitrogen and oxygen atoms in total. The van der Waals surface area contributed by atoms with Gasteiger partial charge in [0.25, 0.3) is 17.5 Å². The van der Waals surface area contributed by atoms with Crippen LogP contribution < -0.4 is 10.7 Å². The number of nitrogens with zero attached hydrogens (tertiary/aromatic N) is 2. The number of phenolic OH excluding ortho intramolecular Hbond substituents is 1. The van der Waals surface area contributed by atoms with E-state index in [1.807, 2.05) is 0 Å². The van der Waals surface area contributed by atoms with E-state index in [2.05, 4.69) is 15.8 Å². The molecule has 0 saturated carbocycles. The van der Waals surface area contributed by atoms with Gasteiger partial charge in [-0.1, -0.05) is 35.9 Å². The number of nitro benzene ring substituents is 1. The van der Waals surface area contributed by atoms with Gasteiger partial charge in [0.15, 0.2) is 0 Å². The summed E-state index contributed by atoms with van der Waals surface area (Å²) in [6.45, 7) is 0. The van der Waals surface area contributed by atoms with Crippen molar-refractivity contribution >= 4 is 41.0 Å². The van der Waals surface area contributed by atoms with Gasteiger partial charge in [-0.15, -0.1) is 0 Å². The van der Waals surface area contributed by atoms with Crippen molar-refractivity contribution in [2.45, 2.75) is 0 Å². The van der Waals surface area contributed by atoms with Gasteiger partial charge < -0.3 is 10.4 Å². The maximum atomic E-state index is 12.5. The first-order valence-corrected chi connectivity index (χ1v) is 9.20. The summed E-state index contributed by atoms with van der Waals surface area (Å²) in [6, 6.07) is 16.2. The van der Waals surface area contributed by atoms with Crippen LogP contribution in [0.15, 0.2) is 71.8 Å². The molecule has 0 bridgehead atoms. The van der Waals surface area contributed by atoms with Crippen LogP contribution in [-0.4, -0.2) is 28.1 Å². The van der Waals surface area contributed by atoms with Gasteiger partial charge in [0.2, 0.25) is 0 Å². The maximum Gasteiger partial charge on any atom is 0.273 e. The highest BCUT2D eigenvalue weighted by molar-refractivity contribution is 6.34. The quantitative estimate of drug-likeness (QED) is 0.304. The molecule has 0 aromatic heterocycles. The van der Waals surface area contributed by atoms with Crippen molar-refractivity contribution < 1.29 is 19.6 Å². The fourth-order valence-corrected chi connectivity index (χ4v) is 2.83. The topological polar surface area (TPSA) is 134 Å². The predicted octanol–water partition coefficient (Wildman–Crippen LogP) is 3.97. The molecule has 0 aliphatic heterocycles. The van der Waals surface area contributed by atoms with Crippen LogP contribution in [0.2, 0.25) is 5.02 Å². The summed E-state index contributed by atoms with van der Waals surface area (Å²) in [4.78, 5) is 35.3. The molecule has 0 heterocycles. The van der Waals surface area contributed by atoms with E-state index in [1.165, 1.54) is 6.07 Å². The molecular formula is C21H15ClN4O5. The van der Waals surface area contributed by atoms with E-state index >= 15 is 0 Å². The molecule has 0 fully saturated rings. The van der Waals surface area contributed by atoms with Gasteiger partial charge in [-0.05, 0) is 30.3 Å². The van der Waals surface area contributed by atoms with Gasteiger partial charge in [0, 0.05) is 17.7 Å². The lowest BCUT2D eigenvalue weighted by molar-refractivity contribution is -0.384. The summed E-state index contributed by atoms with van der Waals surface area (Å²) in [6.07, 6.45) is 1.07. The van der Waals surface area contributed by atoms with E-state index in [-0.39, 0.29) is 38.8 Å². The molecule has 156 valence electrons. The lowest BCUT2D eigenvalue weighted by Crippen LogP contribution is -2.21. The number of nitro groups is 1. The molecule has 0 aliphatic rings. The van der Waals surface area contributed by atoms with Gasteiger partial charge >= 0.3 is 0 Å². The molecule has 0 atom stereocenters. The largest absolute Gasteiger partial charge is 0.507 e. The molecule has 0 spiro atoms. The SMILES string of the molecule is O=C(Nc1ccccc1C(=O)N/N=C/c1cc([N+](=O)[O-])ccc1O)c1ccccc1Cl. The zero-order valence-corrected chi connectivity index (χ0v) is 16.5. The van der Waals surface area contributed by atoms with Crippen LogP contribution in [0.1, 0.15) is 26.3 Å². The fourth-order valence-electron chi connectivity index (χ4n) is 2.60. The van der Waals surface area contributed by atoms with Crippen molar-refractivity contribution in [1.82, 2.24) is 5.43 Å². The zero-order valence-electron chi connectivity index (χ0n) is 15.8. The van der Waals surface area contributed by atoms with Crippen molar-refractivity contribution in [3.63, 3.8) is 0 Å². The molecule has 0 aliphatic carbocycles. The number of nitrogens with one attached hydrogen (secondary N) is 2. The zero-order chi connectivity index (χ0) is 22.4. The number of carbonyl (C=O) groups excluding carboxylic acids is 2. The average molecular weight is 439 g/mol. The molecule has 3 aromatic carbocycles. The Kier molecular flexibility index (Phi) is 6.58. The normalized spacial score (nSPS) is 10.6. The molecule has 3 rings (SSSR count). The van der Waals surface area contributed by atoms with Crippen LogP contribution in [-0.2, 0) is 0 Å². The van der Waals surface area contributed by atoms with E-state index in [4.69, 9.17) is 11.6 Å². The summed E-state index contributed by atoms with van der Waals surface area (Å²) < 4.78 is 0. The highest BCUT2D eigenvalue weighted by atomic mass is 35.5. The van der Waals surface area contributed by atoms with E-state index in [0.717, 1.165) is 24.4 Å². The molecular weight excluding hydrogens is 424 g/mol. The van der Waals surface area contributed by atoms with Crippen LogP contribution in [0.4, 0.5) is 11.4 Å². The van der Waals surface area contributed by atoms with Crippen LogP contribution in [0.5, 0.6) is 5.75 Å². The van der Waals surface area contributed by atoms with E-state index in [1.54, 1.807) is 42.5 Å². The number of hydrogen-bond acceptors (Lipinski definition) is 6. The number of hydrazone groups is 1. The van der Waals surface area contributed by atoms with E-state index in [0.29, 0.717) is 0 Å². The molecule has 0 radical (unpaired) electrons. The predicted molar refractivity (Wildman–Crippen MR) is 116 cm³/mol. The van der Waals surface area contributed by atoms with E-state index in [9.17, 15) is 24.8 Å². The number of hydrogen-bond donors (Lipinski definition) is 3. The summed E-state index contributed by atoms with van der Waals surface area (Å²) in [7, 11) is 0. The lowest BCUT2D eigenvalue weighted by atomic mass is 10.1. The first-order valence-electron chi connectivity index (χ1n) is 8.82. The highest BCUT2D eigenvalue weighted by Gasteiger charge is 2.15. The van der Waals surface area contributed by atoms with Crippen molar-refractivity contribution in [1.29, 1.82) is 0 Å². The number of phenols is 1. The Morgan fingerprint density at radius 2 is 1.68 bits per heavy atom. The number of carbonyl (C=O) groups is 2. The molecule has 3 N–H and O–H groups in total. The number of rotatable bonds is 6. The van der Waals surface area contributed by atoms with Crippen LogP contribution in [0, 0.1) is 10.1 Å². The average Bonchev–Trinajstić information content (AvgIpc) is 2.75. The number of amides is 2. The molecule has 3 aromatic rings. The molecule has 10 heteroatoms. The third-order valence-corrected chi connectivity index (χ3v) is 4.46. The van der Waals surface area contributed by atoms with Crippen LogP contribution in [0.25, 0.3) is 0 Å². The summed E-state index contributed by atoms with van der Waals surface area (Å²) in [5.74, 6) is -1.37. The molecule has 0 unspecified atom stereocenters.